The molecule has 526 valence electrons. The van der Waals surface area contributed by atoms with Gasteiger partial charge in [0.1, 0.15) is 25.4 Å². The van der Waals surface area contributed by atoms with Crippen LogP contribution in [0.1, 0.15) is 311 Å². The SMILES string of the molecule is CCCCCC/C=C\COC(=O)CCCN(CCCC(=O)OC(CCCCCCCC)CCCCCCCCCN(C)CCSC(=O)N(CCCC(=O)OC/C=C\CCCCCC)CCCC(=O)OC(CCCCCC)CCCCCC)C(=O)SCCN(C)C. The van der Waals surface area contributed by atoms with Crippen molar-refractivity contribution in [2.24, 2.45) is 0 Å². The lowest BCUT2D eigenvalue weighted by atomic mass is 10.0. The van der Waals surface area contributed by atoms with Crippen LogP contribution in [0.2, 0.25) is 0 Å². The van der Waals surface area contributed by atoms with Crippen molar-refractivity contribution < 1.29 is 47.7 Å². The molecule has 0 heterocycles. The standard InChI is InChI=1S/C74H138N4O10S2/c1-9-14-19-24-30-35-42-63-85-69(79)52-44-57-77(73(83)89-65-61-75(6)7)59-46-54-72(82)88-68(50-39-32-26-21-16-11-3)51-40-33-28-27-29-34-41-56-76(8)62-66-90-74(84)78(58-45-53-70(80)86-64-43-36-31-25-20-15-10-2)60-47-55-71(81)87-67(48-37-22-17-12-4)49-38-23-18-13-5/h35-36,42-43,67-68H,9-34,37-41,44-66H2,1-8H3/b42-35-,43-36-. The lowest BCUT2D eigenvalue weighted by Crippen LogP contribution is -2.32. The molecule has 0 aromatic heterocycles. The molecule has 0 fully saturated rings. The highest BCUT2D eigenvalue weighted by Crippen LogP contribution is 2.21. The van der Waals surface area contributed by atoms with E-state index < -0.39 is 0 Å². The van der Waals surface area contributed by atoms with E-state index in [-0.39, 0.29) is 85.5 Å². The third-order valence-electron chi connectivity index (χ3n) is 16.5. The van der Waals surface area contributed by atoms with Crippen molar-refractivity contribution >= 4 is 57.9 Å². The van der Waals surface area contributed by atoms with Gasteiger partial charge in [0.2, 0.25) is 0 Å². The van der Waals surface area contributed by atoms with Crippen LogP contribution >= 0.6 is 23.5 Å². The van der Waals surface area contributed by atoms with Gasteiger partial charge in [0.15, 0.2) is 0 Å². The summed E-state index contributed by atoms with van der Waals surface area (Å²) in [6, 6.07) is 0. The molecule has 0 spiro atoms. The maximum atomic E-state index is 13.7. The van der Waals surface area contributed by atoms with Gasteiger partial charge in [-0.15, -0.1) is 0 Å². The molecule has 1 unspecified atom stereocenters. The summed E-state index contributed by atoms with van der Waals surface area (Å²) in [7, 11) is 6.11. The molecule has 0 radical (unpaired) electrons. The molecule has 0 rings (SSSR count). The summed E-state index contributed by atoms with van der Waals surface area (Å²) in [5, 5.41) is -0.0339. The molecule has 0 saturated carbocycles. The highest BCUT2D eigenvalue weighted by Gasteiger charge is 2.21. The van der Waals surface area contributed by atoms with Crippen molar-refractivity contribution in [3.05, 3.63) is 24.3 Å². The number of carbonyl (C=O) groups is 6. The molecular formula is C74H138N4O10S2. The number of allylic oxidation sites excluding steroid dienone is 2. The molecule has 2 amide bonds. The van der Waals surface area contributed by atoms with Gasteiger partial charge in [0.25, 0.3) is 10.5 Å². The van der Waals surface area contributed by atoms with E-state index in [1.807, 2.05) is 31.1 Å². The minimum atomic E-state index is -0.257. The molecular weight excluding hydrogens is 1170 g/mol. The second-order valence-corrected chi connectivity index (χ2v) is 27.6. The van der Waals surface area contributed by atoms with Crippen LogP contribution in [0.3, 0.4) is 0 Å². The number of ether oxygens (including phenoxy) is 4. The number of esters is 4. The highest BCUT2D eigenvalue weighted by atomic mass is 32.2. The minimum Gasteiger partial charge on any atom is -0.462 e. The fourth-order valence-corrected chi connectivity index (χ4v) is 12.7. The highest BCUT2D eigenvalue weighted by molar-refractivity contribution is 8.13. The third-order valence-corrected chi connectivity index (χ3v) is 18.3. The van der Waals surface area contributed by atoms with Crippen LogP contribution in [0.15, 0.2) is 24.3 Å². The van der Waals surface area contributed by atoms with Crippen LogP contribution in [0.25, 0.3) is 0 Å². The van der Waals surface area contributed by atoms with Crippen molar-refractivity contribution in [2.45, 2.75) is 323 Å². The zero-order valence-electron chi connectivity index (χ0n) is 59.3. The first-order valence-electron chi connectivity index (χ1n) is 37.0. The molecule has 14 nitrogen and oxygen atoms in total. The Morgan fingerprint density at radius 2 is 0.644 bits per heavy atom. The molecule has 0 aliphatic rings. The number of hydrogen-bond donors (Lipinski definition) is 0. The topological polar surface area (TPSA) is 152 Å². The van der Waals surface area contributed by atoms with E-state index >= 15 is 0 Å². The Morgan fingerprint density at radius 3 is 1.01 bits per heavy atom. The molecule has 0 aliphatic carbocycles. The van der Waals surface area contributed by atoms with Gasteiger partial charge >= 0.3 is 23.9 Å². The molecule has 90 heavy (non-hydrogen) atoms. The maximum absolute atomic E-state index is 13.7. The van der Waals surface area contributed by atoms with E-state index in [0.717, 1.165) is 142 Å². The normalized spacial score (nSPS) is 12.0. The largest absolute Gasteiger partial charge is 0.462 e. The number of amides is 2. The van der Waals surface area contributed by atoms with Gasteiger partial charge in [0, 0.05) is 76.5 Å². The Morgan fingerprint density at radius 1 is 0.333 bits per heavy atom. The molecule has 16 heteroatoms. The van der Waals surface area contributed by atoms with Gasteiger partial charge in [-0.3, -0.25) is 28.8 Å². The van der Waals surface area contributed by atoms with E-state index in [0.29, 0.717) is 63.4 Å². The van der Waals surface area contributed by atoms with E-state index in [1.165, 1.54) is 126 Å². The van der Waals surface area contributed by atoms with Gasteiger partial charge in [0.05, 0.1) is 0 Å². The lowest BCUT2D eigenvalue weighted by molar-refractivity contribution is -0.151. The van der Waals surface area contributed by atoms with Crippen molar-refractivity contribution in [1.82, 2.24) is 19.6 Å². The summed E-state index contributed by atoms with van der Waals surface area (Å²) in [6.45, 7) is 15.9. The second-order valence-electron chi connectivity index (χ2n) is 25.5. The van der Waals surface area contributed by atoms with Gasteiger partial charge in [-0.05, 0) is 137 Å². The van der Waals surface area contributed by atoms with Crippen LogP contribution in [-0.2, 0) is 38.1 Å². The van der Waals surface area contributed by atoms with Crippen molar-refractivity contribution in [3.63, 3.8) is 0 Å². The van der Waals surface area contributed by atoms with Crippen LogP contribution in [-0.4, -0.2) is 158 Å². The average molecular weight is 1310 g/mol. The molecule has 0 bridgehead atoms. The summed E-state index contributed by atoms with van der Waals surface area (Å²) >= 11 is 2.61. The predicted octanol–water partition coefficient (Wildman–Crippen LogP) is 19.7. The smallest absolute Gasteiger partial charge is 0.306 e. The molecule has 0 aromatic rings. The second kappa shape index (κ2) is 66.0. The summed E-state index contributed by atoms with van der Waals surface area (Å²) < 4.78 is 23.1. The number of rotatable bonds is 65. The molecule has 0 aromatic carbocycles. The minimum absolute atomic E-state index is 0.0124. The average Bonchev–Trinajstić information content (AvgIpc) is 3.70. The maximum Gasteiger partial charge on any atom is 0.306 e. The molecule has 0 N–H and O–H groups in total. The van der Waals surface area contributed by atoms with Crippen LogP contribution in [0.5, 0.6) is 0 Å². The summed E-state index contributed by atoms with van der Waals surface area (Å²) in [5.41, 5.74) is 0. The van der Waals surface area contributed by atoms with Gasteiger partial charge in [-0.2, -0.15) is 0 Å². The van der Waals surface area contributed by atoms with Gasteiger partial charge in [-0.1, -0.05) is 224 Å². The van der Waals surface area contributed by atoms with Crippen LogP contribution in [0, 0.1) is 0 Å². The fourth-order valence-electron chi connectivity index (χ4n) is 10.7. The van der Waals surface area contributed by atoms with E-state index in [2.05, 4.69) is 63.6 Å². The van der Waals surface area contributed by atoms with Crippen LogP contribution in [0.4, 0.5) is 9.59 Å². The summed E-state index contributed by atoms with van der Waals surface area (Å²) in [4.78, 5) is 86.6. The number of thioether (sulfide) groups is 2. The number of hydrogen-bond acceptors (Lipinski definition) is 14. The molecule has 0 saturated heterocycles. The zero-order valence-corrected chi connectivity index (χ0v) is 61.0. The fraction of sp³-hybridized carbons (Fsp3) is 0.865. The van der Waals surface area contributed by atoms with E-state index in [9.17, 15) is 28.8 Å². The number of nitrogens with zero attached hydrogens (tertiary/aromatic N) is 4. The summed E-state index contributed by atoms with van der Waals surface area (Å²) in [6.07, 6.45) is 50.5. The van der Waals surface area contributed by atoms with Crippen molar-refractivity contribution in [3.8, 4) is 0 Å². The first-order chi connectivity index (χ1) is 43.8. The Bertz CT molecular complexity index is 1760. The first kappa shape index (κ1) is 86.9. The van der Waals surface area contributed by atoms with E-state index in [4.69, 9.17) is 18.9 Å². The number of unbranched alkanes of at least 4 members (excludes halogenated alkanes) is 25. The lowest BCUT2D eigenvalue weighted by Gasteiger charge is -2.23. The van der Waals surface area contributed by atoms with E-state index in [1.54, 1.807) is 4.90 Å². The molecule has 0 aliphatic heterocycles. The quantitative estimate of drug-likeness (QED) is 0.0246. The molecule has 1 atom stereocenters. The van der Waals surface area contributed by atoms with Crippen molar-refractivity contribution in [1.29, 1.82) is 0 Å². The van der Waals surface area contributed by atoms with Crippen LogP contribution < -0.4 is 0 Å². The number of carbonyl (C=O) groups excluding carboxylic acids is 6. The van der Waals surface area contributed by atoms with Gasteiger partial charge < -0.3 is 38.5 Å². The van der Waals surface area contributed by atoms with Gasteiger partial charge in [-0.25, -0.2) is 0 Å². The monoisotopic (exact) mass is 1310 g/mol. The Kier molecular flexibility index (Phi) is 63.7. The Balaban J connectivity index is 5.12. The van der Waals surface area contributed by atoms with Crippen molar-refractivity contribution in [2.75, 3.05) is 91.7 Å². The Hall–Kier alpha value is -3.08. The Labute approximate surface area is 561 Å². The first-order valence-corrected chi connectivity index (χ1v) is 38.9. The summed E-state index contributed by atoms with van der Waals surface area (Å²) in [5.74, 6) is 0.464. The predicted molar refractivity (Wildman–Crippen MR) is 382 cm³/mol. The third kappa shape index (κ3) is 58.7. The zero-order chi connectivity index (χ0) is 66.2.